The standard InChI is InChI=1S/C10H17NO4/c1-8(2)6-4-5-9(8,3)10(13,7(6)12)11(14)15/h6-7,12-13H,4-5H2,1-3H3. The number of nitrogens with zero attached hydrogens (tertiary/aromatic N) is 1. The lowest BCUT2D eigenvalue weighted by Crippen LogP contribution is -2.59. The molecule has 0 radical (unpaired) electrons. The Kier molecular flexibility index (Phi) is 1.82. The fourth-order valence-electron chi connectivity index (χ4n) is 3.66. The van der Waals surface area contributed by atoms with E-state index in [1.54, 1.807) is 6.92 Å². The van der Waals surface area contributed by atoms with E-state index in [4.69, 9.17) is 0 Å². The highest BCUT2D eigenvalue weighted by molar-refractivity contribution is 5.18. The first-order valence-corrected chi connectivity index (χ1v) is 5.24. The van der Waals surface area contributed by atoms with Crippen LogP contribution in [0.2, 0.25) is 0 Å². The van der Waals surface area contributed by atoms with Gasteiger partial charge in [-0.05, 0) is 25.2 Å². The van der Waals surface area contributed by atoms with Gasteiger partial charge in [-0.25, -0.2) is 0 Å². The molecule has 2 rings (SSSR count). The fraction of sp³-hybridized carbons (Fsp3) is 1.00. The molecule has 4 atom stereocenters. The van der Waals surface area contributed by atoms with E-state index in [0.29, 0.717) is 6.42 Å². The number of nitro groups is 1. The Morgan fingerprint density at radius 2 is 1.93 bits per heavy atom. The van der Waals surface area contributed by atoms with Crippen molar-refractivity contribution in [3.8, 4) is 0 Å². The van der Waals surface area contributed by atoms with Crippen LogP contribution in [0.3, 0.4) is 0 Å². The maximum atomic E-state index is 11.0. The molecule has 5 nitrogen and oxygen atoms in total. The molecule has 2 aliphatic rings. The predicted molar refractivity (Wildman–Crippen MR) is 52.6 cm³/mol. The molecule has 5 heteroatoms. The molecule has 2 aliphatic carbocycles. The van der Waals surface area contributed by atoms with Gasteiger partial charge in [0.25, 0.3) is 0 Å². The van der Waals surface area contributed by atoms with E-state index in [2.05, 4.69) is 0 Å². The minimum atomic E-state index is -2.18. The van der Waals surface area contributed by atoms with Gasteiger partial charge >= 0.3 is 5.72 Å². The van der Waals surface area contributed by atoms with E-state index in [0.717, 1.165) is 6.42 Å². The maximum Gasteiger partial charge on any atom is 0.354 e. The van der Waals surface area contributed by atoms with Crippen molar-refractivity contribution in [2.45, 2.75) is 45.4 Å². The lowest BCUT2D eigenvalue weighted by atomic mass is 9.67. The Morgan fingerprint density at radius 1 is 1.40 bits per heavy atom. The monoisotopic (exact) mass is 215 g/mol. The van der Waals surface area contributed by atoms with Gasteiger partial charge in [-0.1, -0.05) is 13.8 Å². The molecule has 86 valence electrons. The molecule has 0 aromatic rings. The topological polar surface area (TPSA) is 83.6 Å². The first kappa shape index (κ1) is 10.8. The van der Waals surface area contributed by atoms with Crippen LogP contribution >= 0.6 is 0 Å². The minimum absolute atomic E-state index is 0.183. The van der Waals surface area contributed by atoms with E-state index < -0.39 is 27.6 Å². The van der Waals surface area contributed by atoms with Crippen LogP contribution in [0.15, 0.2) is 0 Å². The summed E-state index contributed by atoms with van der Waals surface area (Å²) in [6, 6.07) is 0. The van der Waals surface area contributed by atoms with Crippen molar-refractivity contribution in [3.63, 3.8) is 0 Å². The molecular formula is C10H17NO4. The maximum absolute atomic E-state index is 11.0. The zero-order valence-corrected chi connectivity index (χ0v) is 9.23. The van der Waals surface area contributed by atoms with Crippen LogP contribution in [0.5, 0.6) is 0 Å². The van der Waals surface area contributed by atoms with E-state index >= 15 is 0 Å². The van der Waals surface area contributed by atoms with Gasteiger partial charge in [-0.15, -0.1) is 0 Å². The molecule has 15 heavy (non-hydrogen) atoms. The van der Waals surface area contributed by atoms with Crippen LogP contribution in [-0.4, -0.2) is 27.0 Å². The molecule has 0 amide bonds. The quantitative estimate of drug-likeness (QED) is 0.384. The van der Waals surface area contributed by atoms with Crippen molar-refractivity contribution in [3.05, 3.63) is 10.1 Å². The summed E-state index contributed by atoms with van der Waals surface area (Å²) in [5, 5.41) is 31.1. The largest absolute Gasteiger partial charge is 0.382 e. The van der Waals surface area contributed by atoms with Crippen molar-refractivity contribution in [2.24, 2.45) is 16.7 Å². The summed E-state index contributed by atoms with van der Waals surface area (Å²) in [7, 11) is 0. The van der Waals surface area contributed by atoms with E-state index in [9.17, 15) is 20.3 Å². The molecule has 2 N–H and O–H groups in total. The highest BCUT2D eigenvalue weighted by Crippen LogP contribution is 2.69. The first-order valence-electron chi connectivity index (χ1n) is 5.24. The number of aliphatic hydroxyl groups excluding tert-OH is 1. The van der Waals surface area contributed by atoms with Gasteiger partial charge < -0.3 is 10.2 Å². The van der Waals surface area contributed by atoms with E-state index in [-0.39, 0.29) is 5.92 Å². The average Bonchev–Trinajstić information content (AvgIpc) is 2.40. The van der Waals surface area contributed by atoms with Gasteiger partial charge in [-0.3, -0.25) is 10.1 Å². The van der Waals surface area contributed by atoms with Crippen molar-refractivity contribution in [1.29, 1.82) is 0 Å². The van der Waals surface area contributed by atoms with Gasteiger partial charge in [0, 0.05) is 5.92 Å². The number of fused-ring (bicyclic) bond motifs is 2. The molecule has 0 saturated heterocycles. The number of hydrogen-bond acceptors (Lipinski definition) is 4. The predicted octanol–water partition coefficient (Wildman–Crippen LogP) is 0.769. The van der Waals surface area contributed by atoms with Gasteiger partial charge in [-0.2, -0.15) is 0 Å². The summed E-state index contributed by atoms with van der Waals surface area (Å²) >= 11 is 0. The fourth-order valence-corrected chi connectivity index (χ4v) is 3.66. The molecule has 4 unspecified atom stereocenters. The lowest BCUT2D eigenvalue weighted by molar-refractivity contribution is -0.658. The minimum Gasteiger partial charge on any atom is -0.382 e. The van der Waals surface area contributed by atoms with Crippen LogP contribution in [0.25, 0.3) is 0 Å². The van der Waals surface area contributed by atoms with Crippen molar-refractivity contribution >= 4 is 0 Å². The molecule has 0 heterocycles. The summed E-state index contributed by atoms with van der Waals surface area (Å²) in [5.74, 6) is -0.183. The van der Waals surface area contributed by atoms with Crippen molar-refractivity contribution in [2.75, 3.05) is 0 Å². The molecular weight excluding hydrogens is 198 g/mol. The van der Waals surface area contributed by atoms with Gasteiger partial charge in [0.15, 0.2) is 6.10 Å². The second-order valence-electron chi connectivity index (χ2n) is 5.63. The highest BCUT2D eigenvalue weighted by atomic mass is 16.7. The average molecular weight is 215 g/mol. The molecule has 0 aromatic carbocycles. The summed E-state index contributed by atoms with van der Waals surface area (Å²) in [6.07, 6.45) is 0.0984. The Labute approximate surface area is 88.3 Å². The Hall–Kier alpha value is -0.680. The molecule has 0 spiro atoms. The van der Waals surface area contributed by atoms with Gasteiger partial charge in [0.1, 0.15) is 0 Å². The van der Waals surface area contributed by atoms with Crippen molar-refractivity contribution in [1.82, 2.24) is 0 Å². The zero-order valence-electron chi connectivity index (χ0n) is 9.23. The second-order valence-corrected chi connectivity index (χ2v) is 5.63. The van der Waals surface area contributed by atoms with Crippen LogP contribution < -0.4 is 0 Å². The summed E-state index contributed by atoms with van der Waals surface area (Å²) < 4.78 is 0. The smallest absolute Gasteiger partial charge is 0.354 e. The summed E-state index contributed by atoms with van der Waals surface area (Å²) in [6.45, 7) is 5.51. The van der Waals surface area contributed by atoms with Crippen molar-refractivity contribution < 1.29 is 15.1 Å². The molecule has 2 saturated carbocycles. The van der Waals surface area contributed by atoms with Gasteiger partial charge in [0.2, 0.25) is 0 Å². The van der Waals surface area contributed by atoms with E-state index in [1.165, 1.54) is 0 Å². The number of aliphatic hydroxyl groups is 2. The third kappa shape index (κ3) is 0.831. The second kappa shape index (κ2) is 2.52. The summed E-state index contributed by atoms with van der Waals surface area (Å²) in [4.78, 5) is 10.3. The zero-order chi connectivity index (χ0) is 11.6. The van der Waals surface area contributed by atoms with Crippen LogP contribution in [0.1, 0.15) is 33.6 Å². The third-order valence-corrected chi connectivity index (χ3v) is 5.19. The Balaban J connectivity index is 2.59. The van der Waals surface area contributed by atoms with Crippen LogP contribution in [0, 0.1) is 26.9 Å². The number of hydrogen-bond donors (Lipinski definition) is 2. The highest BCUT2D eigenvalue weighted by Gasteiger charge is 2.80. The number of rotatable bonds is 1. The van der Waals surface area contributed by atoms with E-state index in [1.807, 2.05) is 13.8 Å². The molecule has 2 fully saturated rings. The van der Waals surface area contributed by atoms with Gasteiger partial charge in [0.05, 0.1) is 10.3 Å². The molecule has 0 aliphatic heterocycles. The lowest BCUT2D eigenvalue weighted by Gasteiger charge is -2.38. The normalized spacial score (nSPS) is 52.1. The van der Waals surface area contributed by atoms with Crippen LogP contribution in [0.4, 0.5) is 0 Å². The molecule has 0 aromatic heterocycles. The first-order chi connectivity index (χ1) is 6.69. The Bertz CT molecular complexity index is 329. The third-order valence-electron chi connectivity index (χ3n) is 5.19. The van der Waals surface area contributed by atoms with Crippen LogP contribution in [-0.2, 0) is 0 Å². The SMILES string of the molecule is CC1(C)C2CCC1(C)C(O)([N+](=O)[O-])C2O. The Morgan fingerprint density at radius 3 is 2.20 bits per heavy atom. The summed E-state index contributed by atoms with van der Waals surface area (Å²) in [5.41, 5.74) is -3.42. The molecule has 2 bridgehead atoms.